The maximum atomic E-state index is 12.4. The molecule has 0 saturated heterocycles. The zero-order chi connectivity index (χ0) is 22.0. The summed E-state index contributed by atoms with van der Waals surface area (Å²) in [5.74, 6) is 1.87. The average molecular weight is 457 g/mol. The normalized spacial score (nSPS) is 11.0. The molecule has 0 aliphatic carbocycles. The summed E-state index contributed by atoms with van der Waals surface area (Å²) >= 11 is 2.59. The van der Waals surface area contributed by atoms with Gasteiger partial charge in [0.05, 0.1) is 25.7 Å². The minimum Gasteiger partial charge on any atom is -0.497 e. The Balaban J connectivity index is 1.42. The highest BCUT2D eigenvalue weighted by Gasteiger charge is 2.14. The Hall–Kier alpha value is -3.18. The van der Waals surface area contributed by atoms with Crippen molar-refractivity contribution in [2.24, 2.45) is 0 Å². The number of nitrogens with zero attached hydrogens (tertiary/aromatic N) is 5. The van der Waals surface area contributed by atoms with E-state index < -0.39 is 0 Å². The van der Waals surface area contributed by atoms with E-state index in [4.69, 9.17) is 9.47 Å². The van der Waals surface area contributed by atoms with Gasteiger partial charge >= 0.3 is 0 Å². The summed E-state index contributed by atoms with van der Waals surface area (Å²) in [5, 5.41) is 10.1. The highest BCUT2D eigenvalue weighted by atomic mass is 32.2. The third-order valence-electron chi connectivity index (χ3n) is 4.36. The molecule has 0 aliphatic heterocycles. The van der Waals surface area contributed by atoms with Crippen molar-refractivity contribution in [3.63, 3.8) is 0 Å². The molecule has 1 N–H and O–H groups in total. The molecule has 31 heavy (non-hydrogen) atoms. The summed E-state index contributed by atoms with van der Waals surface area (Å²) < 4.78 is 12.4. The maximum Gasteiger partial charge on any atom is 0.253 e. The molecule has 4 aromatic rings. The van der Waals surface area contributed by atoms with Crippen LogP contribution in [0.15, 0.2) is 34.8 Å². The molecule has 1 aromatic carbocycles. The van der Waals surface area contributed by atoms with E-state index in [0.717, 1.165) is 17.0 Å². The van der Waals surface area contributed by atoms with E-state index in [1.54, 1.807) is 18.7 Å². The lowest BCUT2D eigenvalue weighted by Gasteiger charge is -2.08. The van der Waals surface area contributed by atoms with Crippen molar-refractivity contribution in [3.05, 3.63) is 41.0 Å². The first-order valence-corrected chi connectivity index (χ1v) is 11.1. The number of methoxy groups -OCH3 is 2. The molecule has 0 spiro atoms. The summed E-state index contributed by atoms with van der Waals surface area (Å²) in [5.41, 5.74) is 3.30. The van der Waals surface area contributed by atoms with Crippen LogP contribution in [0.1, 0.15) is 11.4 Å². The quantitative estimate of drug-likeness (QED) is 0.421. The van der Waals surface area contributed by atoms with E-state index in [1.807, 2.05) is 43.5 Å². The van der Waals surface area contributed by atoms with Gasteiger partial charge in [0.1, 0.15) is 11.5 Å². The number of ether oxygens (including phenoxy) is 2. The van der Waals surface area contributed by atoms with Gasteiger partial charge in [0, 0.05) is 22.3 Å². The van der Waals surface area contributed by atoms with Crippen molar-refractivity contribution in [2.45, 2.75) is 19.0 Å². The number of hydrogen-bond acceptors (Lipinski definition) is 9. The Morgan fingerprint density at radius 2 is 2.00 bits per heavy atom. The van der Waals surface area contributed by atoms with Crippen LogP contribution >= 0.6 is 23.1 Å². The highest BCUT2D eigenvalue weighted by Crippen LogP contribution is 2.35. The van der Waals surface area contributed by atoms with Gasteiger partial charge in [-0.05, 0) is 38.1 Å². The van der Waals surface area contributed by atoms with Crippen LogP contribution in [0.4, 0.5) is 5.13 Å². The molecular formula is C20H20N6O3S2. The van der Waals surface area contributed by atoms with Gasteiger partial charge in [0.2, 0.25) is 11.1 Å². The van der Waals surface area contributed by atoms with Gasteiger partial charge in [-0.15, -0.1) is 16.4 Å². The Labute approximate surface area is 186 Å². The second-order valence-electron chi connectivity index (χ2n) is 6.59. The lowest BCUT2D eigenvalue weighted by molar-refractivity contribution is -0.113. The van der Waals surface area contributed by atoms with Gasteiger partial charge in [-0.25, -0.2) is 14.5 Å². The SMILES string of the molecule is COc1ccc(OC)c(-c2csc(NC(=O)CSc3nc4nc(C)cc(C)n4n3)n2)c1. The molecule has 3 heterocycles. The van der Waals surface area contributed by atoms with E-state index in [2.05, 4.69) is 25.4 Å². The van der Waals surface area contributed by atoms with Crippen LogP contribution in [-0.4, -0.2) is 50.4 Å². The van der Waals surface area contributed by atoms with Crippen LogP contribution in [-0.2, 0) is 4.79 Å². The molecule has 3 aromatic heterocycles. The fourth-order valence-corrected chi connectivity index (χ4v) is 4.31. The van der Waals surface area contributed by atoms with Gasteiger partial charge < -0.3 is 14.8 Å². The predicted molar refractivity (Wildman–Crippen MR) is 120 cm³/mol. The third-order valence-corrected chi connectivity index (χ3v) is 5.96. The fourth-order valence-electron chi connectivity index (χ4n) is 2.96. The van der Waals surface area contributed by atoms with Crippen LogP contribution in [0.3, 0.4) is 0 Å². The zero-order valence-electron chi connectivity index (χ0n) is 17.4. The summed E-state index contributed by atoms with van der Waals surface area (Å²) in [7, 11) is 3.20. The highest BCUT2D eigenvalue weighted by molar-refractivity contribution is 7.99. The number of aryl methyl sites for hydroxylation is 2. The fraction of sp³-hybridized carbons (Fsp3) is 0.250. The first-order valence-electron chi connectivity index (χ1n) is 9.28. The molecule has 11 heteroatoms. The number of hydrogen-bond donors (Lipinski definition) is 1. The number of thioether (sulfide) groups is 1. The first kappa shape index (κ1) is 21.1. The number of thiazole rings is 1. The number of rotatable bonds is 7. The monoisotopic (exact) mass is 456 g/mol. The van der Waals surface area contributed by atoms with Crippen LogP contribution in [0.2, 0.25) is 0 Å². The molecule has 1 amide bonds. The van der Waals surface area contributed by atoms with Crippen molar-refractivity contribution in [3.8, 4) is 22.8 Å². The van der Waals surface area contributed by atoms with E-state index in [0.29, 0.717) is 33.3 Å². The molecule has 4 rings (SSSR count). The molecule has 160 valence electrons. The van der Waals surface area contributed by atoms with E-state index >= 15 is 0 Å². The predicted octanol–water partition coefficient (Wildman–Crippen LogP) is 3.61. The minimum absolute atomic E-state index is 0.159. The van der Waals surface area contributed by atoms with Crippen LogP contribution in [0, 0.1) is 13.8 Å². The van der Waals surface area contributed by atoms with Gasteiger partial charge in [0.15, 0.2) is 5.13 Å². The van der Waals surface area contributed by atoms with E-state index in [9.17, 15) is 4.79 Å². The lowest BCUT2D eigenvalue weighted by Crippen LogP contribution is -2.13. The standard InChI is InChI=1S/C20H20N6O3S2/c1-11-7-12(2)26-18(21-11)24-20(25-26)31-10-17(27)23-19-22-15(9-30-19)14-8-13(28-3)5-6-16(14)29-4/h5-9H,10H2,1-4H3,(H,22,23,27). The maximum absolute atomic E-state index is 12.4. The molecule has 9 nitrogen and oxygen atoms in total. The largest absolute Gasteiger partial charge is 0.497 e. The summed E-state index contributed by atoms with van der Waals surface area (Å²) in [4.78, 5) is 25.7. The van der Waals surface area contributed by atoms with Gasteiger partial charge in [-0.3, -0.25) is 4.79 Å². The molecular weight excluding hydrogens is 436 g/mol. The van der Waals surface area contributed by atoms with Gasteiger partial charge in [-0.2, -0.15) is 4.98 Å². The number of aromatic nitrogens is 5. The Morgan fingerprint density at radius 3 is 2.77 bits per heavy atom. The zero-order valence-corrected chi connectivity index (χ0v) is 19.0. The number of amides is 1. The van der Waals surface area contributed by atoms with E-state index in [-0.39, 0.29) is 11.7 Å². The smallest absolute Gasteiger partial charge is 0.253 e. The Morgan fingerprint density at radius 1 is 1.16 bits per heavy atom. The molecule has 0 saturated carbocycles. The third kappa shape index (κ3) is 4.62. The summed E-state index contributed by atoms with van der Waals surface area (Å²) in [6, 6.07) is 7.42. The number of nitrogens with one attached hydrogen (secondary N) is 1. The van der Waals surface area contributed by atoms with Crippen molar-refractivity contribution in [1.29, 1.82) is 0 Å². The number of fused-ring (bicyclic) bond motifs is 1. The minimum atomic E-state index is -0.191. The van der Waals surface area contributed by atoms with Crippen LogP contribution in [0.25, 0.3) is 17.0 Å². The van der Waals surface area contributed by atoms with E-state index in [1.165, 1.54) is 23.1 Å². The van der Waals surface area contributed by atoms with Crippen molar-refractivity contribution >= 4 is 39.9 Å². The Kier molecular flexibility index (Phi) is 6.05. The second kappa shape index (κ2) is 8.90. The number of benzene rings is 1. The van der Waals surface area contributed by atoms with Crippen molar-refractivity contribution in [2.75, 3.05) is 25.3 Å². The number of carbonyl (C=O) groups is 1. The first-order chi connectivity index (χ1) is 15.0. The van der Waals surface area contributed by atoms with Gasteiger partial charge in [-0.1, -0.05) is 11.8 Å². The second-order valence-corrected chi connectivity index (χ2v) is 8.39. The molecule has 0 aliphatic rings. The summed E-state index contributed by atoms with van der Waals surface area (Å²) in [6.07, 6.45) is 0. The average Bonchev–Trinajstić information content (AvgIpc) is 3.38. The molecule has 0 unspecified atom stereocenters. The number of anilines is 1. The van der Waals surface area contributed by atoms with Gasteiger partial charge in [0.25, 0.3) is 5.78 Å². The van der Waals surface area contributed by atoms with Crippen molar-refractivity contribution in [1.82, 2.24) is 24.6 Å². The topological polar surface area (TPSA) is 104 Å². The summed E-state index contributed by atoms with van der Waals surface area (Å²) in [6.45, 7) is 3.85. The molecule has 0 radical (unpaired) electrons. The van der Waals surface area contributed by atoms with Crippen LogP contribution in [0.5, 0.6) is 11.5 Å². The Bertz CT molecular complexity index is 1250. The van der Waals surface area contributed by atoms with Crippen LogP contribution < -0.4 is 14.8 Å². The number of carbonyl (C=O) groups excluding carboxylic acids is 1. The molecule has 0 bridgehead atoms. The lowest BCUT2D eigenvalue weighted by atomic mass is 10.1. The molecule has 0 atom stereocenters. The molecule has 0 fully saturated rings. The van der Waals surface area contributed by atoms with Crippen molar-refractivity contribution < 1.29 is 14.3 Å².